The molecular weight excluding hydrogens is 88.1 g/mol. The third kappa shape index (κ3) is 5.96. The van der Waals surface area contributed by atoms with Gasteiger partial charge in [-0.1, -0.05) is 13.8 Å². The van der Waals surface area contributed by atoms with Crippen molar-refractivity contribution in [3.05, 3.63) is 0 Å². The summed E-state index contributed by atoms with van der Waals surface area (Å²) in [7, 11) is -2.21. The normalized spacial score (nSPS) is 18.4. The average molecular weight is 105 g/mol. The van der Waals surface area contributed by atoms with Gasteiger partial charge in [0.25, 0.3) is 0 Å². The molecule has 0 spiro atoms. The van der Waals surface area contributed by atoms with Crippen molar-refractivity contribution in [1.29, 1.82) is 0 Å². The number of rotatable bonds is 3. The van der Waals surface area contributed by atoms with E-state index in [2.05, 4.69) is 4.74 Å². The summed E-state index contributed by atoms with van der Waals surface area (Å²) in [6.07, 6.45) is 0.804. The van der Waals surface area contributed by atoms with Gasteiger partial charge in [0.05, 0.1) is 4.11 Å². The molecule has 0 saturated carbocycles. The maximum atomic E-state index is 6.69. The molecule has 0 atom stereocenters. The predicted molar refractivity (Wildman–Crippen MR) is 31.3 cm³/mol. The van der Waals surface area contributed by atoms with E-state index in [0.717, 1.165) is 6.42 Å². The molecule has 0 N–H and O–H groups in total. The van der Waals surface area contributed by atoms with Crippen molar-refractivity contribution in [2.45, 2.75) is 20.3 Å². The lowest BCUT2D eigenvalue weighted by Gasteiger charge is -1.99. The molecule has 0 fully saturated rings. The molecule has 0 aromatic carbocycles. The largest absolute Gasteiger partial charge is 0.385 e. The van der Waals surface area contributed by atoms with Crippen LogP contribution in [0.1, 0.15) is 24.4 Å². The standard InChI is InChI=1S/C6H14O/c1-6(2)4-5-7-3/h6H,4-5H2,1-3H3/i3D3. The van der Waals surface area contributed by atoms with Crippen LogP contribution >= 0.6 is 0 Å². The Hall–Kier alpha value is -0.0400. The van der Waals surface area contributed by atoms with Crippen LogP contribution in [0.25, 0.3) is 0 Å². The monoisotopic (exact) mass is 105 g/mol. The number of ether oxygens (including phenoxy) is 1. The van der Waals surface area contributed by atoms with Crippen LogP contribution in [0.15, 0.2) is 0 Å². The Morgan fingerprint density at radius 3 is 2.86 bits per heavy atom. The lowest BCUT2D eigenvalue weighted by Crippen LogP contribution is -1.93. The first-order chi connectivity index (χ1) is 4.42. The number of hydrogen-bond donors (Lipinski definition) is 0. The minimum atomic E-state index is -2.21. The quantitative estimate of drug-likeness (QED) is 0.530. The van der Waals surface area contributed by atoms with Gasteiger partial charge in [0.2, 0.25) is 0 Å². The molecule has 0 aliphatic rings. The van der Waals surface area contributed by atoms with Gasteiger partial charge in [0, 0.05) is 13.6 Å². The van der Waals surface area contributed by atoms with Crippen molar-refractivity contribution in [2.75, 3.05) is 13.6 Å². The van der Waals surface area contributed by atoms with Crippen LogP contribution < -0.4 is 0 Å². The number of methoxy groups -OCH3 is 1. The van der Waals surface area contributed by atoms with E-state index >= 15 is 0 Å². The SMILES string of the molecule is [2H]C([2H])([2H])OCCC(C)C. The van der Waals surface area contributed by atoms with E-state index in [1.165, 1.54) is 0 Å². The summed E-state index contributed by atoms with van der Waals surface area (Å²) in [6, 6.07) is 0. The van der Waals surface area contributed by atoms with Gasteiger partial charge in [-0.05, 0) is 12.3 Å². The summed E-state index contributed by atoms with van der Waals surface area (Å²) in [5, 5.41) is 0. The lowest BCUT2D eigenvalue weighted by molar-refractivity contribution is 0.183. The summed E-state index contributed by atoms with van der Waals surface area (Å²) in [5.41, 5.74) is 0. The van der Waals surface area contributed by atoms with E-state index in [1.54, 1.807) is 0 Å². The summed E-state index contributed by atoms with van der Waals surface area (Å²) in [4.78, 5) is 0. The molecule has 7 heavy (non-hydrogen) atoms. The Labute approximate surface area is 49.9 Å². The van der Waals surface area contributed by atoms with Gasteiger partial charge in [-0.3, -0.25) is 0 Å². The van der Waals surface area contributed by atoms with Crippen molar-refractivity contribution >= 4 is 0 Å². The van der Waals surface area contributed by atoms with Crippen LogP contribution in [0.3, 0.4) is 0 Å². The highest BCUT2D eigenvalue weighted by Gasteiger charge is 1.89. The van der Waals surface area contributed by atoms with Crippen LogP contribution in [-0.2, 0) is 4.74 Å². The zero-order valence-corrected chi connectivity index (χ0v) is 4.90. The molecule has 0 aliphatic heterocycles. The topological polar surface area (TPSA) is 9.23 Å². The summed E-state index contributed by atoms with van der Waals surface area (Å²) in [6.45, 7) is 4.39. The highest BCUT2D eigenvalue weighted by Crippen LogP contribution is 1.96. The highest BCUT2D eigenvalue weighted by atomic mass is 16.5. The van der Waals surface area contributed by atoms with E-state index in [4.69, 9.17) is 4.11 Å². The Bertz CT molecular complexity index is 87.5. The molecule has 0 radical (unpaired) electrons. The average Bonchev–Trinajstić information content (AvgIpc) is 1.59. The Kier molecular flexibility index (Phi) is 1.82. The van der Waals surface area contributed by atoms with Crippen molar-refractivity contribution in [1.82, 2.24) is 0 Å². The van der Waals surface area contributed by atoms with Gasteiger partial charge >= 0.3 is 0 Å². The minimum Gasteiger partial charge on any atom is -0.385 e. The van der Waals surface area contributed by atoms with E-state index in [1.807, 2.05) is 13.8 Å². The first-order valence-corrected chi connectivity index (χ1v) is 2.56. The van der Waals surface area contributed by atoms with Crippen LogP contribution in [0, 0.1) is 5.92 Å². The maximum absolute atomic E-state index is 6.69. The van der Waals surface area contributed by atoms with E-state index in [-0.39, 0.29) is 0 Å². The predicted octanol–water partition coefficient (Wildman–Crippen LogP) is 1.68. The second-order valence-electron chi connectivity index (χ2n) is 2.03. The second-order valence-corrected chi connectivity index (χ2v) is 2.03. The molecule has 44 valence electrons. The smallest absolute Gasteiger partial charge is 0.0530 e. The van der Waals surface area contributed by atoms with Crippen molar-refractivity contribution in [2.24, 2.45) is 5.92 Å². The second kappa shape index (κ2) is 4.13. The zero-order valence-electron chi connectivity index (χ0n) is 7.90. The maximum Gasteiger partial charge on any atom is 0.0530 e. The molecule has 0 unspecified atom stereocenters. The molecule has 0 aliphatic carbocycles. The third-order valence-electron chi connectivity index (χ3n) is 0.797. The van der Waals surface area contributed by atoms with Gasteiger partial charge in [-0.25, -0.2) is 0 Å². The van der Waals surface area contributed by atoms with Crippen LogP contribution in [0.4, 0.5) is 0 Å². The van der Waals surface area contributed by atoms with Crippen LogP contribution in [0.2, 0.25) is 0 Å². The Morgan fingerprint density at radius 1 is 1.71 bits per heavy atom. The fourth-order valence-corrected chi connectivity index (χ4v) is 0.295. The van der Waals surface area contributed by atoms with Crippen molar-refractivity contribution in [3.8, 4) is 0 Å². The van der Waals surface area contributed by atoms with Gasteiger partial charge in [-0.15, -0.1) is 0 Å². The number of hydrogen-bond acceptors (Lipinski definition) is 1. The molecule has 0 aromatic rings. The highest BCUT2D eigenvalue weighted by molar-refractivity contribution is 4.40. The third-order valence-corrected chi connectivity index (χ3v) is 0.797. The zero-order chi connectivity index (χ0) is 8.20. The fourth-order valence-electron chi connectivity index (χ4n) is 0.295. The van der Waals surface area contributed by atoms with Crippen molar-refractivity contribution < 1.29 is 8.85 Å². The molecule has 1 nitrogen and oxygen atoms in total. The molecular formula is C6H14O. The minimum absolute atomic E-state index is 0.328. The van der Waals surface area contributed by atoms with Crippen LogP contribution in [0.5, 0.6) is 0 Å². The van der Waals surface area contributed by atoms with Crippen LogP contribution in [-0.4, -0.2) is 13.6 Å². The molecule has 0 amide bonds. The molecule has 0 saturated heterocycles. The van der Waals surface area contributed by atoms with E-state index in [0.29, 0.717) is 12.5 Å². The van der Waals surface area contributed by atoms with Gasteiger partial charge in [-0.2, -0.15) is 0 Å². The summed E-state index contributed by atoms with van der Waals surface area (Å²) >= 11 is 0. The Balaban J connectivity index is 3.21. The first-order valence-electron chi connectivity index (χ1n) is 4.06. The molecule has 0 bridgehead atoms. The first kappa shape index (κ1) is 3.08. The summed E-state index contributed by atoms with van der Waals surface area (Å²) in [5.74, 6) is 0.502. The van der Waals surface area contributed by atoms with Gasteiger partial charge in [0.1, 0.15) is 0 Å². The molecule has 0 rings (SSSR count). The molecule has 0 heterocycles. The van der Waals surface area contributed by atoms with Gasteiger partial charge in [0.15, 0.2) is 0 Å². The van der Waals surface area contributed by atoms with Gasteiger partial charge < -0.3 is 4.74 Å². The molecule has 1 heteroatoms. The molecule has 0 aromatic heterocycles. The Morgan fingerprint density at radius 2 is 2.43 bits per heavy atom. The fraction of sp³-hybridized carbons (Fsp3) is 1.00. The van der Waals surface area contributed by atoms with E-state index < -0.39 is 7.04 Å². The summed E-state index contributed by atoms with van der Waals surface area (Å²) < 4.78 is 24.6. The van der Waals surface area contributed by atoms with E-state index in [9.17, 15) is 0 Å². The van der Waals surface area contributed by atoms with Crippen molar-refractivity contribution in [3.63, 3.8) is 0 Å². The lowest BCUT2D eigenvalue weighted by atomic mass is 10.1.